The van der Waals surface area contributed by atoms with Gasteiger partial charge in [0.15, 0.2) is 0 Å². The summed E-state index contributed by atoms with van der Waals surface area (Å²) in [5.74, 6) is -0.499. The zero-order valence-electron chi connectivity index (χ0n) is 14.1. The molecule has 8 nitrogen and oxygen atoms in total. The molecule has 1 aliphatic rings. The maximum atomic E-state index is 12.5. The normalized spacial score (nSPS) is 17.3. The van der Waals surface area contributed by atoms with Gasteiger partial charge in [0, 0.05) is 38.8 Å². The number of hydrogen-bond donors (Lipinski definition) is 2. The Labute approximate surface area is 153 Å². The molecule has 0 bridgehead atoms. The first kappa shape index (κ1) is 21.4. The maximum Gasteiger partial charge on any atom is 0.243 e. The molecule has 1 saturated heterocycles. The van der Waals surface area contributed by atoms with Crippen molar-refractivity contribution in [3.05, 3.63) is 24.3 Å². The minimum absolute atomic E-state index is 0. The molecule has 1 atom stereocenters. The van der Waals surface area contributed by atoms with E-state index in [0.29, 0.717) is 18.8 Å². The smallest absolute Gasteiger partial charge is 0.243 e. The molecule has 1 fully saturated rings. The number of hydrogen-bond acceptors (Lipinski definition) is 5. The second kappa shape index (κ2) is 8.61. The predicted octanol–water partition coefficient (Wildman–Crippen LogP) is 0.247. The number of benzene rings is 1. The lowest BCUT2D eigenvalue weighted by Gasteiger charge is -2.21. The first-order chi connectivity index (χ1) is 11.2. The third kappa shape index (κ3) is 5.40. The van der Waals surface area contributed by atoms with Crippen molar-refractivity contribution >= 4 is 39.9 Å². The highest BCUT2D eigenvalue weighted by Crippen LogP contribution is 2.18. The molecule has 0 radical (unpaired) electrons. The lowest BCUT2D eigenvalue weighted by molar-refractivity contribution is -0.130. The molecule has 0 aromatic heterocycles. The van der Waals surface area contributed by atoms with Gasteiger partial charge >= 0.3 is 0 Å². The van der Waals surface area contributed by atoms with Crippen LogP contribution in [0.4, 0.5) is 5.69 Å². The molecular formula is C15H23ClN4O4S. The Hall–Kier alpha value is -1.68. The van der Waals surface area contributed by atoms with E-state index in [1.165, 1.54) is 38.2 Å². The highest BCUT2D eigenvalue weighted by Gasteiger charge is 2.28. The zero-order valence-corrected chi connectivity index (χ0v) is 15.8. The van der Waals surface area contributed by atoms with Gasteiger partial charge < -0.3 is 16.0 Å². The number of halogens is 1. The number of carbonyl (C=O) groups is 2. The highest BCUT2D eigenvalue weighted by molar-refractivity contribution is 7.89. The molecule has 0 spiro atoms. The van der Waals surface area contributed by atoms with Crippen molar-refractivity contribution in [3.63, 3.8) is 0 Å². The summed E-state index contributed by atoms with van der Waals surface area (Å²) in [6.45, 7) is 2.15. The molecule has 0 saturated carbocycles. The van der Waals surface area contributed by atoms with Crippen LogP contribution in [-0.2, 0) is 19.6 Å². The monoisotopic (exact) mass is 390 g/mol. The summed E-state index contributed by atoms with van der Waals surface area (Å²) in [4.78, 5) is 24.8. The third-order valence-corrected chi connectivity index (χ3v) is 5.64. The van der Waals surface area contributed by atoms with Crippen molar-refractivity contribution in [2.24, 2.45) is 5.73 Å². The molecule has 1 aromatic rings. The Morgan fingerprint density at radius 1 is 1.32 bits per heavy atom. The van der Waals surface area contributed by atoms with Crippen LogP contribution in [-0.4, -0.2) is 62.2 Å². The number of likely N-dealkylation sites (tertiary alicyclic amines) is 1. The summed E-state index contributed by atoms with van der Waals surface area (Å²) >= 11 is 0. The molecule has 2 amide bonds. The van der Waals surface area contributed by atoms with Gasteiger partial charge in [-0.1, -0.05) is 0 Å². The van der Waals surface area contributed by atoms with Gasteiger partial charge in [-0.05, 0) is 30.7 Å². The second-order valence-electron chi connectivity index (χ2n) is 5.86. The fraction of sp³-hybridized carbons (Fsp3) is 0.467. The van der Waals surface area contributed by atoms with Crippen LogP contribution < -0.4 is 11.1 Å². The van der Waals surface area contributed by atoms with Crippen LogP contribution in [0.1, 0.15) is 13.3 Å². The van der Waals surface area contributed by atoms with E-state index in [4.69, 9.17) is 5.73 Å². The van der Waals surface area contributed by atoms with E-state index in [0.717, 1.165) is 10.7 Å². The van der Waals surface area contributed by atoms with E-state index < -0.39 is 10.0 Å². The van der Waals surface area contributed by atoms with Crippen LogP contribution in [0.2, 0.25) is 0 Å². The van der Waals surface area contributed by atoms with Crippen molar-refractivity contribution in [2.75, 3.05) is 32.0 Å². The highest BCUT2D eigenvalue weighted by atomic mass is 35.5. The number of likely N-dealkylation sites (N-methyl/N-ethyl adjacent to an activating group) is 1. The van der Waals surface area contributed by atoms with E-state index in [1.807, 2.05) is 0 Å². The van der Waals surface area contributed by atoms with Crippen molar-refractivity contribution in [1.29, 1.82) is 0 Å². The van der Waals surface area contributed by atoms with Gasteiger partial charge in [0.1, 0.15) is 0 Å². The zero-order chi connectivity index (χ0) is 17.9. The van der Waals surface area contributed by atoms with Gasteiger partial charge in [0.25, 0.3) is 0 Å². The van der Waals surface area contributed by atoms with Gasteiger partial charge in [0.2, 0.25) is 21.8 Å². The Morgan fingerprint density at radius 3 is 2.40 bits per heavy atom. The third-order valence-electron chi connectivity index (χ3n) is 3.82. The number of nitrogens with zero attached hydrogens (tertiary/aromatic N) is 2. The molecule has 10 heteroatoms. The van der Waals surface area contributed by atoms with E-state index in [1.54, 1.807) is 4.90 Å². The summed E-state index contributed by atoms with van der Waals surface area (Å²) in [5.41, 5.74) is 6.27. The minimum atomic E-state index is -3.78. The number of nitrogens with two attached hydrogens (primary N) is 1. The van der Waals surface area contributed by atoms with Crippen LogP contribution in [0.15, 0.2) is 29.2 Å². The average Bonchev–Trinajstić information content (AvgIpc) is 2.93. The average molecular weight is 391 g/mol. The molecule has 1 aliphatic heterocycles. The maximum absolute atomic E-state index is 12.5. The number of sulfonamides is 1. The number of nitrogens with one attached hydrogen (secondary N) is 1. The topological polar surface area (TPSA) is 113 Å². The molecule has 1 heterocycles. The molecule has 25 heavy (non-hydrogen) atoms. The molecule has 1 aromatic carbocycles. The first-order valence-corrected chi connectivity index (χ1v) is 9.01. The Balaban J connectivity index is 0.00000312. The summed E-state index contributed by atoms with van der Waals surface area (Å²) < 4.78 is 26.1. The van der Waals surface area contributed by atoms with E-state index in [-0.39, 0.29) is 41.7 Å². The Bertz CT molecular complexity index is 724. The SMILES string of the molecule is CC(=O)Nc1ccc(S(=O)(=O)N(C)CC(=O)N2CC[C@@H](N)C2)cc1.Cl. The van der Waals surface area contributed by atoms with Crippen LogP contribution >= 0.6 is 12.4 Å². The van der Waals surface area contributed by atoms with E-state index >= 15 is 0 Å². The predicted molar refractivity (Wildman–Crippen MR) is 97.0 cm³/mol. The largest absolute Gasteiger partial charge is 0.340 e. The number of anilines is 1. The molecule has 2 rings (SSSR count). The van der Waals surface area contributed by atoms with E-state index in [2.05, 4.69) is 5.32 Å². The van der Waals surface area contributed by atoms with Gasteiger partial charge in [-0.3, -0.25) is 9.59 Å². The molecule has 0 unspecified atom stereocenters. The molecule has 140 valence electrons. The summed E-state index contributed by atoms with van der Waals surface area (Å²) in [6.07, 6.45) is 0.729. The first-order valence-electron chi connectivity index (χ1n) is 7.57. The standard InChI is InChI=1S/C15H22N4O4S.ClH/c1-11(20)17-13-3-5-14(6-4-13)24(22,23)18(2)10-15(21)19-8-7-12(16)9-19;/h3-6,12H,7-10,16H2,1-2H3,(H,17,20);1H/t12-;/m1./s1. The van der Waals surface area contributed by atoms with Crippen LogP contribution in [0.3, 0.4) is 0 Å². The summed E-state index contributed by atoms with van der Waals surface area (Å²) in [5, 5.41) is 2.57. The number of carbonyl (C=O) groups excluding carboxylic acids is 2. The minimum Gasteiger partial charge on any atom is -0.340 e. The fourth-order valence-corrected chi connectivity index (χ4v) is 3.60. The fourth-order valence-electron chi connectivity index (χ4n) is 2.48. The summed E-state index contributed by atoms with van der Waals surface area (Å²) in [7, 11) is -2.41. The van der Waals surface area contributed by atoms with Crippen molar-refractivity contribution in [3.8, 4) is 0 Å². The van der Waals surface area contributed by atoms with Crippen LogP contribution in [0.25, 0.3) is 0 Å². The van der Waals surface area contributed by atoms with Gasteiger partial charge in [-0.15, -0.1) is 12.4 Å². The molecule has 3 N–H and O–H groups in total. The summed E-state index contributed by atoms with van der Waals surface area (Å²) in [6, 6.07) is 5.75. The van der Waals surface area contributed by atoms with Crippen LogP contribution in [0, 0.1) is 0 Å². The van der Waals surface area contributed by atoms with Gasteiger partial charge in [-0.25, -0.2) is 8.42 Å². The van der Waals surface area contributed by atoms with Crippen molar-refractivity contribution < 1.29 is 18.0 Å². The lowest BCUT2D eigenvalue weighted by Crippen LogP contribution is -2.41. The molecule has 0 aliphatic carbocycles. The van der Waals surface area contributed by atoms with Crippen molar-refractivity contribution in [2.45, 2.75) is 24.3 Å². The van der Waals surface area contributed by atoms with E-state index in [9.17, 15) is 18.0 Å². The van der Waals surface area contributed by atoms with Gasteiger partial charge in [-0.2, -0.15) is 4.31 Å². The number of rotatable bonds is 5. The number of amides is 2. The van der Waals surface area contributed by atoms with Crippen molar-refractivity contribution in [1.82, 2.24) is 9.21 Å². The quantitative estimate of drug-likeness (QED) is 0.748. The molecular weight excluding hydrogens is 368 g/mol. The Morgan fingerprint density at radius 2 is 1.92 bits per heavy atom. The van der Waals surface area contributed by atoms with Crippen LogP contribution in [0.5, 0.6) is 0 Å². The second-order valence-corrected chi connectivity index (χ2v) is 7.90. The Kier molecular flexibility index (Phi) is 7.36. The lowest BCUT2D eigenvalue weighted by atomic mass is 10.3. The van der Waals surface area contributed by atoms with Gasteiger partial charge in [0.05, 0.1) is 11.4 Å².